The molecule has 0 atom stereocenters. The number of ether oxygens (including phenoxy) is 1. The van der Waals surface area contributed by atoms with E-state index >= 15 is 0 Å². The van der Waals surface area contributed by atoms with Gasteiger partial charge in [-0.3, -0.25) is 4.79 Å². The fraction of sp³-hybridized carbons (Fsp3) is 0.130. The summed E-state index contributed by atoms with van der Waals surface area (Å²) in [6, 6.07) is 17.0. The van der Waals surface area contributed by atoms with E-state index in [2.05, 4.69) is 5.32 Å². The second-order valence-electron chi connectivity index (χ2n) is 6.45. The van der Waals surface area contributed by atoms with Crippen LogP contribution in [0.1, 0.15) is 33.4 Å². The Morgan fingerprint density at radius 2 is 1.79 bits per heavy atom. The number of thiophene rings is 1. The lowest BCUT2D eigenvalue weighted by Crippen LogP contribution is -2.15. The molecule has 0 unspecified atom stereocenters. The number of rotatable bonds is 5. The van der Waals surface area contributed by atoms with Crippen molar-refractivity contribution in [1.82, 2.24) is 0 Å². The van der Waals surface area contributed by atoms with Gasteiger partial charge in [0.15, 0.2) is 5.76 Å². The van der Waals surface area contributed by atoms with Crippen molar-refractivity contribution in [3.05, 3.63) is 76.9 Å². The second kappa shape index (κ2) is 7.93. The minimum absolute atomic E-state index is 0.232. The van der Waals surface area contributed by atoms with Gasteiger partial charge in [0, 0.05) is 21.9 Å². The van der Waals surface area contributed by atoms with Crippen LogP contribution in [0.4, 0.5) is 5.00 Å². The SMILES string of the molecule is CCOC(=O)c1c(-c2ccccc2)csc1NC(=O)c1oc2ccccc2c1C. The van der Waals surface area contributed by atoms with Crippen molar-refractivity contribution >= 4 is 39.2 Å². The number of hydrogen-bond donors (Lipinski definition) is 1. The minimum Gasteiger partial charge on any atom is -0.462 e. The lowest BCUT2D eigenvalue weighted by Gasteiger charge is -2.08. The van der Waals surface area contributed by atoms with Crippen molar-refractivity contribution in [3.8, 4) is 11.1 Å². The van der Waals surface area contributed by atoms with Crippen LogP contribution in [0.15, 0.2) is 64.4 Å². The number of amides is 1. The zero-order valence-electron chi connectivity index (χ0n) is 16.0. The average molecular weight is 405 g/mol. The maximum atomic E-state index is 12.9. The molecule has 0 bridgehead atoms. The van der Waals surface area contributed by atoms with Gasteiger partial charge in [0.2, 0.25) is 0 Å². The van der Waals surface area contributed by atoms with Crippen LogP contribution in [0.2, 0.25) is 0 Å². The molecule has 0 radical (unpaired) electrons. The summed E-state index contributed by atoms with van der Waals surface area (Å²) in [6.45, 7) is 3.85. The van der Waals surface area contributed by atoms with E-state index in [-0.39, 0.29) is 12.4 Å². The summed E-state index contributed by atoms with van der Waals surface area (Å²) in [6.07, 6.45) is 0. The van der Waals surface area contributed by atoms with Crippen molar-refractivity contribution in [1.29, 1.82) is 0 Å². The third-order valence-corrected chi connectivity index (χ3v) is 5.53. The molecule has 2 heterocycles. The third-order valence-electron chi connectivity index (χ3n) is 4.63. The van der Waals surface area contributed by atoms with Crippen LogP contribution < -0.4 is 5.32 Å². The summed E-state index contributed by atoms with van der Waals surface area (Å²) >= 11 is 1.29. The van der Waals surface area contributed by atoms with E-state index < -0.39 is 11.9 Å². The molecule has 0 fully saturated rings. The van der Waals surface area contributed by atoms with Gasteiger partial charge in [-0.25, -0.2) is 4.79 Å². The normalized spacial score (nSPS) is 10.8. The number of para-hydroxylation sites is 1. The van der Waals surface area contributed by atoms with Crippen LogP contribution in [-0.4, -0.2) is 18.5 Å². The van der Waals surface area contributed by atoms with Gasteiger partial charge in [-0.1, -0.05) is 48.5 Å². The molecule has 0 aliphatic carbocycles. The van der Waals surface area contributed by atoms with E-state index in [1.165, 1.54) is 11.3 Å². The van der Waals surface area contributed by atoms with Gasteiger partial charge in [-0.05, 0) is 25.5 Å². The van der Waals surface area contributed by atoms with Gasteiger partial charge in [-0.2, -0.15) is 0 Å². The quantitative estimate of drug-likeness (QED) is 0.420. The van der Waals surface area contributed by atoms with E-state index in [0.717, 1.165) is 22.1 Å². The molecule has 0 aliphatic heterocycles. The maximum Gasteiger partial charge on any atom is 0.341 e. The number of hydrogen-bond acceptors (Lipinski definition) is 5. The van der Waals surface area contributed by atoms with E-state index in [4.69, 9.17) is 9.15 Å². The number of furan rings is 1. The molecular formula is C23H19NO4S. The van der Waals surface area contributed by atoms with Crippen LogP contribution in [0.3, 0.4) is 0 Å². The summed E-state index contributed by atoms with van der Waals surface area (Å²) in [5.74, 6) is -0.634. The van der Waals surface area contributed by atoms with Crippen molar-refractivity contribution in [2.45, 2.75) is 13.8 Å². The van der Waals surface area contributed by atoms with E-state index in [0.29, 0.717) is 16.1 Å². The number of carbonyl (C=O) groups is 2. The van der Waals surface area contributed by atoms with Gasteiger partial charge in [0.1, 0.15) is 16.1 Å². The second-order valence-corrected chi connectivity index (χ2v) is 7.33. The van der Waals surface area contributed by atoms with Crippen LogP contribution >= 0.6 is 11.3 Å². The zero-order chi connectivity index (χ0) is 20.4. The number of benzene rings is 2. The van der Waals surface area contributed by atoms with Crippen molar-refractivity contribution in [2.75, 3.05) is 11.9 Å². The van der Waals surface area contributed by atoms with E-state index in [1.807, 2.05) is 66.9 Å². The molecule has 2 aromatic heterocycles. The Labute approximate surface area is 171 Å². The molecule has 0 spiro atoms. The highest BCUT2D eigenvalue weighted by atomic mass is 32.1. The van der Waals surface area contributed by atoms with Gasteiger partial charge in [0.25, 0.3) is 5.91 Å². The molecule has 29 heavy (non-hydrogen) atoms. The summed E-state index contributed by atoms with van der Waals surface area (Å²) in [5, 5.41) is 6.02. The minimum atomic E-state index is -0.468. The molecule has 6 heteroatoms. The predicted octanol–water partition coefficient (Wildman–Crippen LogP) is 5.90. The summed E-state index contributed by atoms with van der Waals surface area (Å²) < 4.78 is 11.0. The van der Waals surface area contributed by atoms with E-state index in [9.17, 15) is 9.59 Å². The monoisotopic (exact) mass is 405 g/mol. The first-order valence-electron chi connectivity index (χ1n) is 9.23. The highest BCUT2D eigenvalue weighted by Gasteiger charge is 2.25. The van der Waals surface area contributed by atoms with E-state index in [1.54, 1.807) is 6.92 Å². The van der Waals surface area contributed by atoms with Crippen LogP contribution in [0.25, 0.3) is 22.1 Å². The Bertz CT molecular complexity index is 1190. The van der Waals surface area contributed by atoms with Crippen molar-refractivity contribution in [2.24, 2.45) is 0 Å². The van der Waals surface area contributed by atoms with Gasteiger partial charge >= 0.3 is 5.97 Å². The highest BCUT2D eigenvalue weighted by molar-refractivity contribution is 7.15. The number of esters is 1. The lowest BCUT2D eigenvalue weighted by molar-refractivity contribution is 0.0529. The molecule has 4 aromatic rings. The molecule has 5 nitrogen and oxygen atoms in total. The molecule has 0 saturated heterocycles. The molecule has 0 saturated carbocycles. The number of fused-ring (bicyclic) bond motifs is 1. The highest BCUT2D eigenvalue weighted by Crippen LogP contribution is 2.37. The molecule has 0 aliphatic rings. The number of anilines is 1. The molecular weight excluding hydrogens is 386 g/mol. The Morgan fingerprint density at radius 3 is 2.52 bits per heavy atom. The summed E-state index contributed by atoms with van der Waals surface area (Å²) in [4.78, 5) is 25.6. The zero-order valence-corrected chi connectivity index (χ0v) is 16.8. The van der Waals surface area contributed by atoms with Crippen molar-refractivity contribution < 1.29 is 18.7 Å². The van der Waals surface area contributed by atoms with Crippen LogP contribution in [0, 0.1) is 6.92 Å². The third kappa shape index (κ3) is 3.54. The number of carbonyl (C=O) groups excluding carboxylic acids is 2. The molecule has 4 rings (SSSR count). The van der Waals surface area contributed by atoms with Crippen LogP contribution in [-0.2, 0) is 4.74 Å². The Hall–Kier alpha value is -3.38. The lowest BCUT2D eigenvalue weighted by atomic mass is 10.0. The number of nitrogens with one attached hydrogen (secondary N) is 1. The van der Waals surface area contributed by atoms with Gasteiger partial charge in [0.05, 0.1) is 6.61 Å². The standard InChI is InChI=1S/C23H19NO4S/c1-3-27-23(26)19-17(15-9-5-4-6-10-15)13-29-22(19)24-21(25)20-14(2)16-11-7-8-12-18(16)28-20/h4-13H,3H2,1-2H3,(H,24,25). The van der Waals surface area contributed by atoms with Crippen LogP contribution in [0.5, 0.6) is 0 Å². The average Bonchev–Trinajstić information content (AvgIpc) is 3.30. The molecule has 1 N–H and O–H groups in total. The van der Waals surface area contributed by atoms with Gasteiger partial charge < -0.3 is 14.5 Å². The first kappa shape index (κ1) is 19.0. The fourth-order valence-electron chi connectivity index (χ4n) is 3.24. The molecule has 1 amide bonds. The molecule has 146 valence electrons. The van der Waals surface area contributed by atoms with Gasteiger partial charge in [-0.15, -0.1) is 11.3 Å². The first-order valence-corrected chi connectivity index (χ1v) is 10.1. The Kier molecular flexibility index (Phi) is 5.18. The summed E-state index contributed by atoms with van der Waals surface area (Å²) in [7, 11) is 0. The maximum absolute atomic E-state index is 12.9. The Morgan fingerprint density at radius 1 is 1.07 bits per heavy atom. The summed E-state index contributed by atoms with van der Waals surface area (Å²) in [5.41, 5.74) is 3.37. The molecule has 2 aromatic carbocycles. The Balaban J connectivity index is 1.72. The predicted molar refractivity (Wildman–Crippen MR) is 115 cm³/mol. The number of aryl methyl sites for hydroxylation is 1. The first-order chi connectivity index (χ1) is 14.1. The smallest absolute Gasteiger partial charge is 0.341 e. The fourth-order valence-corrected chi connectivity index (χ4v) is 4.19. The van der Waals surface area contributed by atoms with Crippen molar-refractivity contribution in [3.63, 3.8) is 0 Å². The topological polar surface area (TPSA) is 68.5 Å². The largest absolute Gasteiger partial charge is 0.462 e.